The standard InChI is InChI=1S/C9H8ClNO2S2/c1-2-7-6(5-11)3-4-8(9(7)14)15(10,12)13/h3-4,14H,2H2,1H3. The van der Waals surface area contributed by atoms with E-state index >= 15 is 0 Å². The Morgan fingerprint density at radius 3 is 2.53 bits per heavy atom. The van der Waals surface area contributed by atoms with Gasteiger partial charge in [0.05, 0.1) is 16.5 Å². The van der Waals surface area contributed by atoms with Crippen LogP contribution in [0.5, 0.6) is 0 Å². The van der Waals surface area contributed by atoms with Crippen LogP contribution in [0.4, 0.5) is 0 Å². The zero-order chi connectivity index (χ0) is 11.6. The van der Waals surface area contributed by atoms with Gasteiger partial charge in [-0.3, -0.25) is 0 Å². The van der Waals surface area contributed by atoms with Gasteiger partial charge in [-0.15, -0.1) is 12.6 Å². The van der Waals surface area contributed by atoms with Crippen LogP contribution in [-0.2, 0) is 15.5 Å². The molecule has 80 valence electrons. The Morgan fingerprint density at radius 1 is 1.53 bits per heavy atom. The predicted molar refractivity (Wildman–Crippen MR) is 60.8 cm³/mol. The van der Waals surface area contributed by atoms with Gasteiger partial charge in [0.2, 0.25) is 0 Å². The van der Waals surface area contributed by atoms with E-state index in [9.17, 15) is 8.42 Å². The number of nitrogens with zero attached hydrogens (tertiary/aromatic N) is 1. The van der Waals surface area contributed by atoms with Crippen molar-refractivity contribution in [3.8, 4) is 6.07 Å². The van der Waals surface area contributed by atoms with Crippen LogP contribution in [0.25, 0.3) is 0 Å². The van der Waals surface area contributed by atoms with Crippen LogP contribution in [0.1, 0.15) is 18.1 Å². The topological polar surface area (TPSA) is 57.9 Å². The molecule has 3 nitrogen and oxygen atoms in total. The molecule has 1 rings (SSSR count). The van der Waals surface area contributed by atoms with Crippen molar-refractivity contribution in [1.82, 2.24) is 0 Å². The van der Waals surface area contributed by atoms with Crippen LogP contribution < -0.4 is 0 Å². The van der Waals surface area contributed by atoms with Gasteiger partial charge >= 0.3 is 0 Å². The molecule has 15 heavy (non-hydrogen) atoms. The minimum Gasteiger partial charge on any atom is -0.207 e. The summed E-state index contributed by atoms with van der Waals surface area (Å²) >= 11 is 4.09. The Labute approximate surface area is 98.5 Å². The largest absolute Gasteiger partial charge is 0.262 e. The van der Waals surface area contributed by atoms with Crippen LogP contribution >= 0.6 is 23.3 Å². The van der Waals surface area contributed by atoms with Gasteiger partial charge in [0.1, 0.15) is 0 Å². The molecule has 0 saturated heterocycles. The molecule has 0 unspecified atom stereocenters. The summed E-state index contributed by atoms with van der Waals surface area (Å²) in [7, 11) is 1.42. The molecule has 0 aliphatic rings. The second-order valence-corrected chi connectivity index (χ2v) is 5.82. The van der Waals surface area contributed by atoms with Crippen molar-refractivity contribution in [1.29, 1.82) is 5.26 Å². The lowest BCUT2D eigenvalue weighted by Gasteiger charge is -2.08. The summed E-state index contributed by atoms with van der Waals surface area (Å²) in [5, 5.41) is 8.80. The van der Waals surface area contributed by atoms with Gasteiger partial charge in [-0.2, -0.15) is 5.26 Å². The maximum absolute atomic E-state index is 11.2. The smallest absolute Gasteiger partial charge is 0.207 e. The van der Waals surface area contributed by atoms with Crippen molar-refractivity contribution in [3.05, 3.63) is 23.3 Å². The average Bonchev–Trinajstić information content (AvgIpc) is 2.15. The van der Waals surface area contributed by atoms with E-state index in [0.29, 0.717) is 17.5 Å². The molecule has 0 heterocycles. The van der Waals surface area contributed by atoms with Crippen LogP contribution in [0.15, 0.2) is 21.9 Å². The first kappa shape index (κ1) is 12.4. The molecule has 0 radical (unpaired) electrons. The van der Waals surface area contributed by atoms with Gasteiger partial charge in [-0.05, 0) is 24.1 Å². The van der Waals surface area contributed by atoms with Crippen LogP contribution in [0.3, 0.4) is 0 Å². The fourth-order valence-electron chi connectivity index (χ4n) is 1.27. The number of nitriles is 1. The Morgan fingerprint density at radius 2 is 2.13 bits per heavy atom. The molecular formula is C9H8ClNO2S2. The molecule has 6 heteroatoms. The summed E-state index contributed by atoms with van der Waals surface area (Å²) < 4.78 is 22.3. The molecule has 0 fully saturated rings. The molecule has 0 atom stereocenters. The first-order chi connectivity index (χ1) is 6.91. The van der Waals surface area contributed by atoms with E-state index in [1.807, 2.05) is 13.0 Å². The lowest BCUT2D eigenvalue weighted by molar-refractivity contribution is 0.607. The minimum absolute atomic E-state index is 0.0525. The lowest BCUT2D eigenvalue weighted by atomic mass is 10.1. The molecule has 0 aliphatic heterocycles. The normalized spacial score (nSPS) is 11.1. The molecule has 0 aromatic heterocycles. The highest BCUT2D eigenvalue weighted by atomic mass is 35.7. The van der Waals surface area contributed by atoms with Crippen molar-refractivity contribution in [3.63, 3.8) is 0 Å². The van der Waals surface area contributed by atoms with Gasteiger partial charge in [-0.1, -0.05) is 6.92 Å². The maximum atomic E-state index is 11.2. The minimum atomic E-state index is -3.80. The Kier molecular flexibility index (Phi) is 3.66. The summed E-state index contributed by atoms with van der Waals surface area (Å²) in [5.74, 6) is 0. The second kappa shape index (κ2) is 4.44. The molecule has 0 N–H and O–H groups in total. The number of thiol groups is 1. The molecule has 0 bridgehead atoms. The van der Waals surface area contributed by atoms with Crippen LogP contribution in [-0.4, -0.2) is 8.42 Å². The SMILES string of the molecule is CCc1c(C#N)ccc(S(=O)(=O)Cl)c1S. The molecular weight excluding hydrogens is 254 g/mol. The van der Waals surface area contributed by atoms with Crippen molar-refractivity contribution in [2.45, 2.75) is 23.1 Å². The van der Waals surface area contributed by atoms with E-state index in [1.165, 1.54) is 12.1 Å². The fraction of sp³-hybridized carbons (Fsp3) is 0.222. The number of hydrogen-bond donors (Lipinski definition) is 1. The quantitative estimate of drug-likeness (QED) is 0.657. The van der Waals surface area contributed by atoms with Crippen molar-refractivity contribution in [2.75, 3.05) is 0 Å². The third-order valence-corrected chi connectivity index (χ3v) is 4.01. The summed E-state index contributed by atoms with van der Waals surface area (Å²) in [6, 6.07) is 4.71. The summed E-state index contributed by atoms with van der Waals surface area (Å²) in [6.45, 7) is 1.82. The second-order valence-electron chi connectivity index (χ2n) is 2.84. The molecule has 1 aromatic rings. The number of rotatable bonds is 2. The van der Waals surface area contributed by atoms with Gasteiger partial charge in [-0.25, -0.2) is 8.42 Å². The Balaban J connectivity index is 3.59. The van der Waals surface area contributed by atoms with E-state index in [0.717, 1.165) is 0 Å². The molecule has 0 amide bonds. The third-order valence-electron chi connectivity index (χ3n) is 1.98. The van der Waals surface area contributed by atoms with Crippen molar-refractivity contribution >= 4 is 32.4 Å². The van der Waals surface area contributed by atoms with Gasteiger partial charge < -0.3 is 0 Å². The van der Waals surface area contributed by atoms with Crippen molar-refractivity contribution in [2.24, 2.45) is 0 Å². The zero-order valence-corrected chi connectivity index (χ0v) is 10.3. The zero-order valence-electron chi connectivity index (χ0n) is 7.86. The number of halogens is 1. The average molecular weight is 262 g/mol. The highest BCUT2D eigenvalue weighted by molar-refractivity contribution is 8.14. The van der Waals surface area contributed by atoms with E-state index < -0.39 is 9.05 Å². The highest BCUT2D eigenvalue weighted by Crippen LogP contribution is 2.29. The van der Waals surface area contributed by atoms with Crippen LogP contribution in [0.2, 0.25) is 0 Å². The summed E-state index contributed by atoms with van der Waals surface area (Å²) in [5.41, 5.74) is 1.02. The number of benzene rings is 1. The van der Waals surface area contributed by atoms with E-state index in [-0.39, 0.29) is 9.79 Å². The molecule has 1 aromatic carbocycles. The maximum Gasteiger partial charge on any atom is 0.262 e. The summed E-state index contributed by atoms with van der Waals surface area (Å²) in [6.07, 6.45) is 0.530. The van der Waals surface area contributed by atoms with Gasteiger partial charge in [0, 0.05) is 15.6 Å². The van der Waals surface area contributed by atoms with Crippen LogP contribution in [0, 0.1) is 11.3 Å². The summed E-state index contributed by atoms with van der Waals surface area (Å²) in [4.78, 5) is 0.204. The fourth-order valence-corrected chi connectivity index (χ4v) is 3.12. The first-order valence-corrected chi connectivity index (χ1v) is 6.87. The highest BCUT2D eigenvalue weighted by Gasteiger charge is 2.17. The van der Waals surface area contributed by atoms with E-state index in [4.69, 9.17) is 15.9 Å². The monoisotopic (exact) mass is 261 g/mol. The number of hydrogen-bond acceptors (Lipinski definition) is 4. The van der Waals surface area contributed by atoms with Gasteiger partial charge in [0.15, 0.2) is 0 Å². The third kappa shape index (κ3) is 2.46. The van der Waals surface area contributed by atoms with Crippen molar-refractivity contribution < 1.29 is 8.42 Å². The Hall–Kier alpha value is -0.700. The lowest BCUT2D eigenvalue weighted by Crippen LogP contribution is -1.98. The van der Waals surface area contributed by atoms with E-state index in [1.54, 1.807) is 0 Å². The van der Waals surface area contributed by atoms with E-state index in [2.05, 4.69) is 12.6 Å². The van der Waals surface area contributed by atoms with Gasteiger partial charge in [0.25, 0.3) is 9.05 Å². The predicted octanol–water partition coefficient (Wildman–Crippen LogP) is 2.34. The first-order valence-electron chi connectivity index (χ1n) is 4.11. The molecule has 0 aliphatic carbocycles. The molecule has 0 spiro atoms. The molecule has 0 saturated carbocycles. The Bertz CT molecular complexity index is 532.